The number of aromatic amines is 1. The number of urea groups is 1. The van der Waals surface area contributed by atoms with Crippen molar-refractivity contribution < 1.29 is 15.0 Å². The summed E-state index contributed by atoms with van der Waals surface area (Å²) in [7, 11) is 0. The highest BCUT2D eigenvalue weighted by Gasteiger charge is 2.17. The van der Waals surface area contributed by atoms with E-state index in [2.05, 4.69) is 20.9 Å². The number of rotatable bonds is 10. The van der Waals surface area contributed by atoms with Crippen molar-refractivity contribution in [2.45, 2.75) is 18.6 Å². The van der Waals surface area contributed by atoms with Gasteiger partial charge in [-0.3, -0.25) is 4.79 Å². The van der Waals surface area contributed by atoms with Crippen LogP contribution in [0.2, 0.25) is 0 Å². The largest absolute Gasteiger partial charge is 0.506 e. The van der Waals surface area contributed by atoms with Gasteiger partial charge in [0.05, 0.1) is 17.7 Å². The fourth-order valence-electron chi connectivity index (χ4n) is 4.83. The maximum Gasteiger partial charge on any atom is 0.319 e. The predicted octanol–water partition coefficient (Wildman–Crippen LogP) is 5.01. The number of benzene rings is 4. The first-order valence-corrected chi connectivity index (χ1v) is 13.5. The fourth-order valence-corrected chi connectivity index (χ4v) is 4.83. The maximum atomic E-state index is 12.9. The Morgan fingerprint density at radius 1 is 0.805 bits per heavy atom. The number of phenolic OH excluding ortho intramolecular Hbond substituents is 1. The van der Waals surface area contributed by atoms with E-state index in [0.717, 1.165) is 23.1 Å². The average Bonchev–Trinajstić information content (AvgIpc) is 3.00. The van der Waals surface area contributed by atoms with Crippen molar-refractivity contribution >= 4 is 22.6 Å². The Bertz CT molecular complexity index is 1620. The summed E-state index contributed by atoms with van der Waals surface area (Å²) in [5.41, 5.74) is 4.38. The lowest BCUT2D eigenvalue weighted by Crippen LogP contribution is -2.33. The normalized spacial score (nSPS) is 11.9. The molecule has 208 valence electrons. The van der Waals surface area contributed by atoms with E-state index in [-0.39, 0.29) is 23.4 Å². The number of aromatic hydroxyl groups is 1. The number of nitrogens with one attached hydrogen (secondary N) is 4. The molecule has 0 radical (unpaired) electrons. The van der Waals surface area contributed by atoms with Crippen LogP contribution in [0.4, 0.5) is 10.5 Å². The van der Waals surface area contributed by atoms with Crippen molar-refractivity contribution in [1.82, 2.24) is 15.6 Å². The second kappa shape index (κ2) is 13.0. The van der Waals surface area contributed by atoms with Crippen molar-refractivity contribution in [3.8, 4) is 5.75 Å². The summed E-state index contributed by atoms with van der Waals surface area (Å²) < 4.78 is 0. The van der Waals surface area contributed by atoms with E-state index in [1.54, 1.807) is 12.1 Å². The third-order valence-electron chi connectivity index (χ3n) is 6.95. The second-order valence-corrected chi connectivity index (χ2v) is 9.80. The lowest BCUT2D eigenvalue weighted by Gasteiger charge is -2.20. The number of pyridine rings is 1. The quantitative estimate of drug-likeness (QED) is 0.137. The number of carbonyl (C=O) groups is 1. The van der Waals surface area contributed by atoms with Gasteiger partial charge in [0.1, 0.15) is 5.75 Å². The minimum absolute atomic E-state index is 0.0377. The number of amides is 2. The molecular formula is C33H32N4O4. The molecule has 6 N–H and O–H groups in total. The van der Waals surface area contributed by atoms with Gasteiger partial charge in [-0.1, -0.05) is 78.9 Å². The van der Waals surface area contributed by atoms with Crippen LogP contribution in [-0.2, 0) is 6.42 Å². The van der Waals surface area contributed by atoms with Crippen molar-refractivity contribution in [2.75, 3.05) is 18.4 Å². The Hall–Kier alpha value is -4.92. The first-order valence-electron chi connectivity index (χ1n) is 13.5. The first kappa shape index (κ1) is 27.6. The number of anilines is 1. The van der Waals surface area contributed by atoms with E-state index in [4.69, 9.17) is 0 Å². The predicted molar refractivity (Wildman–Crippen MR) is 161 cm³/mol. The average molecular weight is 549 g/mol. The first-order chi connectivity index (χ1) is 20.0. The number of hydrogen-bond acceptors (Lipinski definition) is 5. The molecule has 0 bridgehead atoms. The van der Waals surface area contributed by atoms with Gasteiger partial charge in [-0.15, -0.1) is 0 Å². The summed E-state index contributed by atoms with van der Waals surface area (Å²) in [6.45, 7) is 0.940. The molecule has 0 aliphatic carbocycles. The molecule has 1 atom stereocenters. The smallest absolute Gasteiger partial charge is 0.319 e. The molecule has 0 aliphatic rings. The number of aliphatic hydroxyl groups excluding tert-OH is 1. The van der Waals surface area contributed by atoms with Crippen LogP contribution >= 0.6 is 0 Å². The summed E-state index contributed by atoms with van der Waals surface area (Å²) in [5.74, 6) is -0.0377. The molecule has 8 nitrogen and oxygen atoms in total. The number of fused-ring (bicyclic) bond motifs is 1. The molecule has 5 rings (SSSR count). The summed E-state index contributed by atoms with van der Waals surface area (Å²) in [6.07, 6.45) is -0.0860. The van der Waals surface area contributed by atoms with Crippen LogP contribution in [0.15, 0.2) is 114 Å². The van der Waals surface area contributed by atoms with Crippen molar-refractivity contribution in [3.63, 3.8) is 0 Å². The third-order valence-corrected chi connectivity index (χ3v) is 6.95. The third kappa shape index (κ3) is 7.00. The molecule has 0 saturated heterocycles. The summed E-state index contributed by atoms with van der Waals surface area (Å²) in [4.78, 5) is 27.1. The van der Waals surface area contributed by atoms with Gasteiger partial charge in [0.25, 0.3) is 0 Å². The molecule has 41 heavy (non-hydrogen) atoms. The highest BCUT2D eigenvalue weighted by atomic mass is 16.3. The van der Waals surface area contributed by atoms with Gasteiger partial charge in [-0.05, 0) is 59.5 Å². The molecule has 8 heteroatoms. The molecule has 1 heterocycles. The van der Waals surface area contributed by atoms with Gasteiger partial charge >= 0.3 is 6.03 Å². The van der Waals surface area contributed by atoms with Crippen LogP contribution in [0.3, 0.4) is 0 Å². The Morgan fingerprint density at radius 2 is 1.46 bits per heavy atom. The summed E-state index contributed by atoms with van der Waals surface area (Å²) in [6, 6.07) is 32.9. The Labute approximate surface area is 237 Å². The highest BCUT2D eigenvalue weighted by Crippen LogP contribution is 2.28. The summed E-state index contributed by atoms with van der Waals surface area (Å²) in [5, 5.41) is 30.6. The van der Waals surface area contributed by atoms with Crippen LogP contribution in [0, 0.1) is 0 Å². The van der Waals surface area contributed by atoms with E-state index in [1.807, 2.05) is 84.9 Å². The number of aliphatic hydroxyl groups is 1. The standard InChI is InChI=1S/C33H32N4O4/c38-28-17-15-26(27-16-18-30(40)36-32(27)28)29(39)21-34-20-19-22-11-13-25(14-12-22)35-33(41)37-31(23-7-3-1-4-8-23)24-9-5-2-6-10-24/h1-18,29,31,34,38-39H,19-21H2,(H,36,40)(H2,35,37,41)/t29-/m0/s1. The van der Waals surface area contributed by atoms with Crippen LogP contribution < -0.4 is 21.5 Å². The number of hydrogen-bond donors (Lipinski definition) is 6. The molecular weight excluding hydrogens is 516 g/mol. The number of phenols is 1. The molecule has 0 aliphatic heterocycles. The zero-order valence-corrected chi connectivity index (χ0v) is 22.4. The Kier molecular flexibility index (Phi) is 8.73. The maximum absolute atomic E-state index is 12.9. The lowest BCUT2D eigenvalue weighted by molar-refractivity contribution is 0.176. The molecule has 0 spiro atoms. The molecule has 2 amide bonds. The van der Waals surface area contributed by atoms with E-state index in [1.165, 1.54) is 12.1 Å². The van der Waals surface area contributed by atoms with Gasteiger partial charge in [0.15, 0.2) is 0 Å². The van der Waals surface area contributed by atoms with E-state index in [0.29, 0.717) is 35.2 Å². The van der Waals surface area contributed by atoms with Gasteiger partial charge in [-0.2, -0.15) is 0 Å². The van der Waals surface area contributed by atoms with Gasteiger partial charge in [-0.25, -0.2) is 4.79 Å². The van der Waals surface area contributed by atoms with Crippen LogP contribution in [0.1, 0.15) is 34.4 Å². The van der Waals surface area contributed by atoms with E-state index in [9.17, 15) is 19.8 Å². The van der Waals surface area contributed by atoms with Gasteiger partial charge in [0.2, 0.25) is 5.56 Å². The van der Waals surface area contributed by atoms with Gasteiger partial charge < -0.3 is 31.1 Å². The monoisotopic (exact) mass is 548 g/mol. The van der Waals surface area contributed by atoms with Gasteiger partial charge in [0, 0.05) is 23.7 Å². The molecule has 0 saturated carbocycles. The molecule has 1 aromatic heterocycles. The highest BCUT2D eigenvalue weighted by molar-refractivity contribution is 5.90. The lowest BCUT2D eigenvalue weighted by atomic mass is 9.99. The Balaban J connectivity index is 1.13. The molecule has 5 aromatic rings. The van der Waals surface area contributed by atoms with E-state index < -0.39 is 6.10 Å². The second-order valence-electron chi connectivity index (χ2n) is 9.80. The van der Waals surface area contributed by atoms with Crippen molar-refractivity contribution in [2.24, 2.45) is 0 Å². The van der Waals surface area contributed by atoms with Crippen molar-refractivity contribution in [1.29, 1.82) is 0 Å². The van der Waals surface area contributed by atoms with Crippen LogP contribution in [0.5, 0.6) is 5.75 Å². The van der Waals surface area contributed by atoms with Crippen LogP contribution in [-0.4, -0.2) is 34.3 Å². The number of aromatic nitrogens is 1. The zero-order valence-electron chi connectivity index (χ0n) is 22.4. The Morgan fingerprint density at radius 3 is 2.12 bits per heavy atom. The molecule has 0 unspecified atom stereocenters. The SMILES string of the molecule is O=C(Nc1ccc(CCNC[C@H](O)c2ccc(O)c3[nH]c(=O)ccc23)cc1)NC(c1ccccc1)c1ccccc1. The fraction of sp³-hybridized carbons (Fsp3) is 0.152. The molecule has 4 aromatic carbocycles. The zero-order chi connectivity index (χ0) is 28.6. The number of H-pyrrole nitrogens is 1. The topological polar surface area (TPSA) is 126 Å². The number of carbonyl (C=O) groups excluding carboxylic acids is 1. The minimum Gasteiger partial charge on any atom is -0.506 e. The molecule has 0 fully saturated rings. The van der Waals surface area contributed by atoms with Crippen molar-refractivity contribution in [3.05, 3.63) is 142 Å². The summed E-state index contributed by atoms with van der Waals surface area (Å²) >= 11 is 0. The minimum atomic E-state index is -0.815. The van der Waals surface area contributed by atoms with Crippen LogP contribution in [0.25, 0.3) is 10.9 Å². The van der Waals surface area contributed by atoms with E-state index >= 15 is 0 Å².